The molecule has 0 atom stereocenters. The Hall–Kier alpha value is -1.92. The molecule has 6 nitrogen and oxygen atoms in total. The topological polar surface area (TPSA) is 70.7 Å². The van der Waals surface area contributed by atoms with Crippen LogP contribution in [0.4, 0.5) is 5.69 Å². The quantitative estimate of drug-likeness (QED) is 0.774. The second kappa shape index (κ2) is 8.26. The lowest BCUT2D eigenvalue weighted by molar-refractivity contribution is -0.116. The summed E-state index contributed by atoms with van der Waals surface area (Å²) in [5.74, 6) is 0.000965. The molecule has 2 amide bonds. The van der Waals surface area contributed by atoms with Crippen LogP contribution in [0.2, 0.25) is 0 Å². The van der Waals surface area contributed by atoms with Crippen molar-refractivity contribution >= 4 is 17.5 Å². The molecule has 3 rings (SSSR count). The summed E-state index contributed by atoms with van der Waals surface area (Å²) in [5.41, 5.74) is 2.53. The minimum atomic E-state index is -0.0407. The van der Waals surface area contributed by atoms with E-state index in [4.69, 9.17) is 4.74 Å². The number of aryl methyl sites for hydroxylation is 1. The predicted molar refractivity (Wildman–Crippen MR) is 92.2 cm³/mol. The fourth-order valence-electron chi connectivity index (χ4n) is 3.11. The third-order valence-corrected chi connectivity index (χ3v) is 4.55. The van der Waals surface area contributed by atoms with Crippen molar-refractivity contribution in [2.45, 2.75) is 25.7 Å². The molecule has 6 heteroatoms. The molecule has 0 radical (unpaired) electrons. The van der Waals surface area contributed by atoms with Crippen LogP contribution in [-0.4, -0.2) is 56.1 Å². The molecule has 2 heterocycles. The van der Waals surface area contributed by atoms with Gasteiger partial charge in [-0.2, -0.15) is 0 Å². The molecule has 0 bridgehead atoms. The molecule has 2 N–H and O–H groups in total. The molecule has 0 spiro atoms. The van der Waals surface area contributed by atoms with E-state index < -0.39 is 0 Å². The van der Waals surface area contributed by atoms with E-state index >= 15 is 0 Å². The third kappa shape index (κ3) is 4.55. The zero-order valence-corrected chi connectivity index (χ0v) is 14.0. The van der Waals surface area contributed by atoms with Crippen molar-refractivity contribution in [3.8, 4) is 0 Å². The van der Waals surface area contributed by atoms with Crippen molar-refractivity contribution in [1.29, 1.82) is 0 Å². The predicted octanol–water partition coefficient (Wildman–Crippen LogP) is 1.41. The summed E-state index contributed by atoms with van der Waals surface area (Å²) in [6.07, 6.45) is 3.24. The van der Waals surface area contributed by atoms with Gasteiger partial charge < -0.3 is 15.4 Å². The molecule has 0 aliphatic carbocycles. The standard InChI is InChI=1S/C18H25N3O3/c22-17-6-4-14-13-15(3-5-16(14)20-17)18(23)19-7-1-2-8-21-9-11-24-12-10-21/h3,5,13H,1-2,4,6-12H2,(H,19,23)(H,20,22). The molecule has 1 aromatic rings. The summed E-state index contributed by atoms with van der Waals surface area (Å²) in [7, 11) is 0. The molecule has 2 aliphatic heterocycles. The van der Waals surface area contributed by atoms with E-state index in [2.05, 4.69) is 15.5 Å². The van der Waals surface area contributed by atoms with E-state index in [-0.39, 0.29) is 11.8 Å². The van der Waals surface area contributed by atoms with Crippen LogP contribution in [0.15, 0.2) is 18.2 Å². The smallest absolute Gasteiger partial charge is 0.251 e. The number of carbonyl (C=O) groups is 2. The van der Waals surface area contributed by atoms with Gasteiger partial charge in [0.05, 0.1) is 13.2 Å². The van der Waals surface area contributed by atoms with Gasteiger partial charge in [0.1, 0.15) is 0 Å². The molecule has 0 saturated carbocycles. The maximum absolute atomic E-state index is 12.2. The van der Waals surface area contributed by atoms with Crippen LogP contribution in [0.25, 0.3) is 0 Å². The average molecular weight is 331 g/mol. The number of hydrogen-bond donors (Lipinski definition) is 2. The van der Waals surface area contributed by atoms with Crippen molar-refractivity contribution in [3.05, 3.63) is 29.3 Å². The summed E-state index contributed by atoms with van der Waals surface area (Å²) >= 11 is 0. The first kappa shape index (κ1) is 16.9. The Labute approximate surface area is 142 Å². The highest BCUT2D eigenvalue weighted by Crippen LogP contribution is 2.23. The molecule has 2 aliphatic rings. The highest BCUT2D eigenvalue weighted by Gasteiger charge is 2.16. The Bertz CT molecular complexity index is 597. The van der Waals surface area contributed by atoms with Crippen LogP contribution in [0.3, 0.4) is 0 Å². The molecular formula is C18H25N3O3. The van der Waals surface area contributed by atoms with Gasteiger partial charge >= 0.3 is 0 Å². The largest absolute Gasteiger partial charge is 0.379 e. The van der Waals surface area contributed by atoms with Gasteiger partial charge in [0.25, 0.3) is 5.91 Å². The fraction of sp³-hybridized carbons (Fsp3) is 0.556. The summed E-state index contributed by atoms with van der Waals surface area (Å²) < 4.78 is 5.33. The van der Waals surface area contributed by atoms with Crippen LogP contribution >= 0.6 is 0 Å². The molecule has 0 unspecified atom stereocenters. The van der Waals surface area contributed by atoms with Gasteiger partial charge in [-0.25, -0.2) is 0 Å². The van der Waals surface area contributed by atoms with E-state index in [9.17, 15) is 9.59 Å². The second-order valence-electron chi connectivity index (χ2n) is 6.34. The van der Waals surface area contributed by atoms with Gasteiger partial charge in [0.2, 0.25) is 5.91 Å². The lowest BCUT2D eigenvalue weighted by Gasteiger charge is -2.26. The lowest BCUT2D eigenvalue weighted by Crippen LogP contribution is -2.37. The molecular weight excluding hydrogens is 306 g/mol. The van der Waals surface area contributed by atoms with Crippen LogP contribution < -0.4 is 10.6 Å². The summed E-state index contributed by atoms with van der Waals surface area (Å²) in [6.45, 7) is 5.44. The maximum atomic E-state index is 12.2. The number of nitrogens with one attached hydrogen (secondary N) is 2. The molecule has 130 valence electrons. The van der Waals surface area contributed by atoms with Gasteiger partial charge in [-0.1, -0.05) is 0 Å². The average Bonchev–Trinajstić information content (AvgIpc) is 2.61. The number of fused-ring (bicyclic) bond motifs is 1. The van der Waals surface area contributed by atoms with Crippen LogP contribution in [-0.2, 0) is 16.0 Å². The first-order chi connectivity index (χ1) is 11.7. The van der Waals surface area contributed by atoms with E-state index in [1.54, 1.807) is 6.07 Å². The van der Waals surface area contributed by atoms with Crippen LogP contribution in [0.1, 0.15) is 35.2 Å². The third-order valence-electron chi connectivity index (χ3n) is 4.55. The van der Waals surface area contributed by atoms with Crippen molar-refractivity contribution in [2.24, 2.45) is 0 Å². The SMILES string of the molecule is O=C1CCc2cc(C(=O)NCCCCN3CCOCC3)ccc2N1. The van der Waals surface area contributed by atoms with Crippen LogP contribution in [0.5, 0.6) is 0 Å². The minimum Gasteiger partial charge on any atom is -0.379 e. The molecule has 1 aromatic carbocycles. The number of ether oxygens (including phenoxy) is 1. The number of benzene rings is 1. The molecule has 1 fully saturated rings. The van der Waals surface area contributed by atoms with Gasteiger partial charge in [-0.05, 0) is 49.6 Å². The zero-order valence-electron chi connectivity index (χ0n) is 14.0. The highest BCUT2D eigenvalue weighted by atomic mass is 16.5. The van der Waals surface area contributed by atoms with E-state index in [0.717, 1.165) is 56.9 Å². The Balaban J connectivity index is 1.39. The maximum Gasteiger partial charge on any atom is 0.251 e. The number of unbranched alkanes of at least 4 members (excludes halogenated alkanes) is 1. The number of amides is 2. The Kier molecular flexibility index (Phi) is 5.82. The van der Waals surface area contributed by atoms with Crippen LogP contribution in [0, 0.1) is 0 Å². The first-order valence-electron chi connectivity index (χ1n) is 8.73. The zero-order chi connectivity index (χ0) is 16.8. The van der Waals surface area contributed by atoms with Crippen molar-refractivity contribution in [2.75, 3.05) is 44.7 Å². The van der Waals surface area contributed by atoms with Gasteiger partial charge in [0, 0.05) is 37.3 Å². The monoisotopic (exact) mass is 331 g/mol. The number of anilines is 1. The van der Waals surface area contributed by atoms with Gasteiger partial charge in [0.15, 0.2) is 0 Å². The van der Waals surface area contributed by atoms with Crippen molar-refractivity contribution < 1.29 is 14.3 Å². The second-order valence-corrected chi connectivity index (χ2v) is 6.34. The molecule has 24 heavy (non-hydrogen) atoms. The number of rotatable bonds is 6. The fourth-order valence-corrected chi connectivity index (χ4v) is 3.11. The van der Waals surface area contributed by atoms with Crippen molar-refractivity contribution in [3.63, 3.8) is 0 Å². The van der Waals surface area contributed by atoms with E-state index in [1.807, 2.05) is 12.1 Å². The normalized spacial score (nSPS) is 17.9. The van der Waals surface area contributed by atoms with Gasteiger partial charge in [-0.3, -0.25) is 14.5 Å². The summed E-state index contributed by atoms with van der Waals surface area (Å²) in [5, 5.41) is 5.82. The number of hydrogen-bond acceptors (Lipinski definition) is 4. The summed E-state index contributed by atoms with van der Waals surface area (Å²) in [6, 6.07) is 5.48. The Morgan fingerprint density at radius 2 is 2.04 bits per heavy atom. The Morgan fingerprint density at radius 1 is 1.21 bits per heavy atom. The first-order valence-corrected chi connectivity index (χ1v) is 8.73. The number of carbonyl (C=O) groups excluding carboxylic acids is 2. The molecule has 1 saturated heterocycles. The number of nitrogens with zero attached hydrogens (tertiary/aromatic N) is 1. The lowest BCUT2D eigenvalue weighted by atomic mass is 10.00. The van der Waals surface area contributed by atoms with Gasteiger partial charge in [-0.15, -0.1) is 0 Å². The summed E-state index contributed by atoms with van der Waals surface area (Å²) in [4.78, 5) is 26.0. The Morgan fingerprint density at radius 3 is 2.88 bits per heavy atom. The van der Waals surface area contributed by atoms with E-state index in [1.165, 1.54) is 0 Å². The minimum absolute atomic E-state index is 0.0407. The number of morpholine rings is 1. The molecule has 0 aromatic heterocycles. The van der Waals surface area contributed by atoms with Crippen molar-refractivity contribution in [1.82, 2.24) is 10.2 Å². The highest BCUT2D eigenvalue weighted by molar-refractivity contribution is 5.97. The van der Waals surface area contributed by atoms with E-state index in [0.29, 0.717) is 24.9 Å².